The number of amidine groups is 3. The number of pyridine rings is 6. The van der Waals surface area contributed by atoms with Crippen LogP contribution < -0.4 is 22.1 Å². The highest BCUT2D eigenvalue weighted by Gasteiger charge is 2.54. The third-order valence-electron chi connectivity index (χ3n) is 17.0. The van der Waals surface area contributed by atoms with Gasteiger partial charge in [0.05, 0.1) is 44.0 Å². The van der Waals surface area contributed by atoms with Gasteiger partial charge in [0.1, 0.15) is 77.6 Å². The van der Waals surface area contributed by atoms with Crippen molar-refractivity contribution in [2.45, 2.75) is 137 Å². The van der Waals surface area contributed by atoms with Gasteiger partial charge in [0.2, 0.25) is 0 Å². The first kappa shape index (κ1) is 92.5. The molecule has 0 spiro atoms. The van der Waals surface area contributed by atoms with Gasteiger partial charge in [-0.3, -0.25) is 70.0 Å². The number of nitrogens with one attached hydrogen (secondary N) is 2. The van der Waals surface area contributed by atoms with Gasteiger partial charge >= 0.3 is 24.7 Å². The van der Waals surface area contributed by atoms with Crippen LogP contribution in [0.2, 0.25) is 10.0 Å². The number of non-ortho nitro benzene ring substituents is 2. The molecule has 8 aromatic rings. The molecule has 27 nitrogen and oxygen atoms in total. The fourth-order valence-electron chi connectivity index (χ4n) is 11.2. The SMILES string of the molecule is C[C@@]1(c2nc(Br)ccc2F)C[C@@H](C(F)(F)F)OC(NC(=O)c2ccc([N+](=O)[O-])cc2)=N1.C[C@@]1(c2nc(CC(=O)c3ccc(Cl)cn3)ccc2F)C[C@@H](C(F)(F)F)OC(N)=N1.C[C@@]1(c2nc(CC(=O)c3ccc(Cl)cn3)ccc2F)C[C@@H](C(F)(F)F)OC(NC(=O)c2ccc([N+](=O)[O-])cc2)=N1.C[C@](N)(C[C@H](O)C(F)(F)F)c1nc(Br)ccc1F. The van der Waals surface area contributed by atoms with Crippen molar-refractivity contribution in [1.82, 2.24) is 40.5 Å². The maximum atomic E-state index is 15.0. The number of aliphatic hydroxyl groups is 1. The van der Waals surface area contributed by atoms with Gasteiger partial charge in [-0.15, -0.1) is 0 Å². The minimum atomic E-state index is -4.93. The largest absolute Gasteiger partial charge is 0.452 e. The van der Waals surface area contributed by atoms with Gasteiger partial charge in [0.15, 0.2) is 36.0 Å². The first-order valence-electron chi connectivity index (χ1n) is 33.3. The first-order valence-corrected chi connectivity index (χ1v) is 35.7. The zero-order valence-electron chi connectivity index (χ0n) is 60.3. The molecule has 0 bridgehead atoms. The molecule has 0 radical (unpaired) electrons. The molecule has 6 aromatic heterocycles. The van der Waals surface area contributed by atoms with Crippen LogP contribution in [0.5, 0.6) is 0 Å². The number of carbonyl (C=O) groups is 4. The molecule has 0 aliphatic carbocycles. The Morgan fingerprint density at radius 2 is 0.881 bits per heavy atom. The Morgan fingerprint density at radius 3 is 1.24 bits per heavy atom. The van der Waals surface area contributed by atoms with E-state index in [0.717, 1.165) is 72.8 Å². The van der Waals surface area contributed by atoms with Crippen molar-refractivity contribution >= 4 is 108 Å². The molecule has 0 saturated carbocycles. The Labute approximate surface area is 680 Å². The average Bonchev–Trinajstić information content (AvgIpc) is 0.774. The van der Waals surface area contributed by atoms with E-state index in [1.807, 2.05) is 0 Å². The first-order chi connectivity index (χ1) is 54.6. The molecule has 2 aromatic carbocycles. The lowest BCUT2D eigenvalue weighted by Gasteiger charge is -2.36. The summed E-state index contributed by atoms with van der Waals surface area (Å²) >= 11 is 17.5. The lowest BCUT2D eigenvalue weighted by atomic mass is 9.89. The van der Waals surface area contributed by atoms with Gasteiger partial charge in [-0.25, -0.2) is 42.5 Å². The van der Waals surface area contributed by atoms with Gasteiger partial charge in [0, 0.05) is 84.9 Å². The van der Waals surface area contributed by atoms with E-state index in [1.54, 1.807) is 0 Å². The van der Waals surface area contributed by atoms with E-state index in [4.69, 9.17) is 49.2 Å². The van der Waals surface area contributed by atoms with Crippen LogP contribution in [0.15, 0.2) is 158 Å². The molecule has 118 heavy (non-hydrogen) atoms. The average molecular weight is 1850 g/mol. The van der Waals surface area contributed by atoms with Crippen LogP contribution in [0.3, 0.4) is 0 Å². The van der Waals surface area contributed by atoms with Gasteiger partial charge in [-0.05, 0) is 157 Å². The maximum absolute atomic E-state index is 15.0. The number of halogens is 20. The molecule has 3 aliphatic heterocycles. The number of nitrogens with two attached hydrogens (primary N) is 2. The number of nitro groups is 2. The fourth-order valence-corrected chi connectivity index (χ4v) is 12.0. The third kappa shape index (κ3) is 24.3. The summed E-state index contributed by atoms with van der Waals surface area (Å²) in [5, 5.41) is 35.4. The van der Waals surface area contributed by atoms with Crippen LogP contribution in [0.25, 0.3) is 0 Å². The monoisotopic (exact) mass is 1840 g/mol. The summed E-state index contributed by atoms with van der Waals surface area (Å²) in [7, 11) is 0. The Balaban J connectivity index is 0.000000203. The number of aromatic nitrogens is 6. The van der Waals surface area contributed by atoms with E-state index in [-0.39, 0.29) is 84.4 Å². The molecular formula is C71H57Br2Cl2F16N15O12. The number of aliphatic imine (C=N–C) groups is 3. The summed E-state index contributed by atoms with van der Waals surface area (Å²) in [6.45, 7) is 4.88. The summed E-state index contributed by atoms with van der Waals surface area (Å²) in [4.78, 5) is 106. The number of nitrogens with zero attached hydrogens (tertiary/aromatic N) is 11. The Kier molecular flexibility index (Phi) is 28.9. The number of benzene rings is 2. The number of hydrogen-bond acceptors (Lipinski definition) is 23. The van der Waals surface area contributed by atoms with Gasteiger partial charge in [-0.2, -0.15) is 52.7 Å². The van der Waals surface area contributed by atoms with E-state index < -0.39 is 177 Å². The summed E-state index contributed by atoms with van der Waals surface area (Å²) in [6, 6.07) is 21.1. The number of ketones is 2. The summed E-state index contributed by atoms with van der Waals surface area (Å²) in [6.07, 6.45) is -30.3. The predicted octanol–water partition coefficient (Wildman–Crippen LogP) is 15.2. The molecule has 11 rings (SSSR count). The molecule has 8 atom stereocenters. The van der Waals surface area contributed by atoms with Crippen molar-refractivity contribution in [3.63, 3.8) is 0 Å². The number of amides is 2. The van der Waals surface area contributed by atoms with E-state index in [9.17, 15) is 110 Å². The predicted molar refractivity (Wildman–Crippen MR) is 391 cm³/mol. The highest BCUT2D eigenvalue weighted by atomic mass is 79.9. The highest BCUT2D eigenvalue weighted by molar-refractivity contribution is 9.10. The van der Waals surface area contributed by atoms with Gasteiger partial charge in [-0.1, -0.05) is 23.2 Å². The number of aliphatic hydroxyl groups excluding tert-OH is 1. The lowest BCUT2D eigenvalue weighted by molar-refractivity contribution is -0.385. The van der Waals surface area contributed by atoms with Crippen LogP contribution >= 0.6 is 55.1 Å². The molecule has 7 N–H and O–H groups in total. The normalized spacial score (nSPS) is 20.0. The maximum Gasteiger partial charge on any atom is 0.425 e. The molecule has 628 valence electrons. The topological polar surface area (TPSA) is 393 Å². The number of ether oxygens (including phenoxy) is 3. The summed E-state index contributed by atoms with van der Waals surface area (Å²) < 4.78 is 230. The van der Waals surface area contributed by atoms with Crippen LogP contribution in [0.1, 0.15) is 129 Å². The van der Waals surface area contributed by atoms with E-state index in [0.29, 0.717) is 10.0 Å². The number of Topliss-reactive ketones (excluding diaryl/α,β-unsaturated/α-hetero) is 2. The van der Waals surface area contributed by atoms with Crippen molar-refractivity contribution in [1.29, 1.82) is 0 Å². The second kappa shape index (κ2) is 36.9. The molecule has 9 heterocycles. The lowest BCUT2D eigenvalue weighted by Crippen LogP contribution is -2.49. The van der Waals surface area contributed by atoms with Crippen molar-refractivity contribution in [3.8, 4) is 0 Å². The van der Waals surface area contributed by atoms with Crippen LogP contribution in [0.4, 0.5) is 81.6 Å². The van der Waals surface area contributed by atoms with E-state index >= 15 is 0 Å². The quantitative estimate of drug-likeness (QED) is 0.0197. The number of nitro benzene ring substituents is 2. The number of hydrogen-bond donors (Lipinski definition) is 5. The Morgan fingerprint density at radius 1 is 0.534 bits per heavy atom. The molecular weight excluding hydrogens is 1790 g/mol. The minimum Gasteiger partial charge on any atom is -0.452 e. The van der Waals surface area contributed by atoms with Gasteiger partial charge < -0.3 is 30.8 Å². The molecule has 0 unspecified atom stereocenters. The Hall–Kier alpha value is -11.0. The highest BCUT2D eigenvalue weighted by Crippen LogP contribution is 2.44. The van der Waals surface area contributed by atoms with Crippen molar-refractivity contribution in [3.05, 3.63) is 253 Å². The fraction of sp³-hybridized carbons (Fsp3) is 0.310. The molecule has 0 saturated heterocycles. The molecule has 0 fully saturated rings. The molecule has 47 heteroatoms. The van der Waals surface area contributed by atoms with E-state index in [1.165, 1.54) is 88.6 Å². The van der Waals surface area contributed by atoms with E-state index in [2.05, 4.69) is 92.1 Å². The van der Waals surface area contributed by atoms with Crippen LogP contribution in [0, 0.1) is 43.5 Å². The zero-order chi connectivity index (χ0) is 87.8. The van der Waals surface area contributed by atoms with Crippen molar-refractivity contribution in [2.24, 2.45) is 26.4 Å². The standard InChI is InChI=1S/C25H18ClF4N5O5.C18H13BrF4N4O4.C18H15ClF4N4O2.C10H11BrF4N2O/c1-24(21-17(27)8-5-15(32-21)10-19(36)18-9-4-14(26)12-31-18)11-20(25(28,29)30)40-23(34-24)33-22(37)13-2-6-16(7-3-13)35(38)39;1-17(14-11(20)6-7-13(19)24-14)8-12(18(21,22)23)31-16(26-17)25-15(28)9-2-4-10(5-3-9)27(29)30;1-17(7-14(18(21,22)23)29-16(24)27-17)15-11(20)4-3-10(26-15)6-13(28)12-5-2-9(19)8-25-12;1-9(16,4-6(18)10(13,14)15)8-5(12)2-3-7(11)17-8/h2-9,12,20H,10-11H2,1H3,(H,33,34,37);2-7,12H,8H2,1H3,(H,25,26,28);2-5,8,14H,6-7H2,1H3,(H2,24,27);2-3,6,18H,4,16H2,1H3/t20-,24-;12-,17-;14-,17-;6-,9-/m0000/s1. The smallest absolute Gasteiger partial charge is 0.425 e. The summed E-state index contributed by atoms with van der Waals surface area (Å²) in [5.74, 6) is -6.35. The van der Waals surface area contributed by atoms with Crippen LogP contribution in [-0.4, -0.2) is 135 Å². The third-order valence-corrected chi connectivity index (χ3v) is 18.3. The number of alkyl halides is 12. The molecule has 3 aliphatic rings. The minimum absolute atomic E-state index is 0.0427. The zero-order valence-corrected chi connectivity index (χ0v) is 65.0. The second-order valence-electron chi connectivity index (χ2n) is 26.5. The van der Waals surface area contributed by atoms with Crippen molar-refractivity contribution < 1.29 is 119 Å². The number of rotatable bonds is 16. The Bertz CT molecular complexity index is 5180. The number of carbonyl (C=O) groups excluding carboxylic acids is 4. The van der Waals surface area contributed by atoms with Crippen LogP contribution in [-0.2, 0) is 49.2 Å². The van der Waals surface area contributed by atoms with Crippen molar-refractivity contribution in [2.75, 3.05) is 0 Å². The molecule has 2 amide bonds. The summed E-state index contributed by atoms with van der Waals surface area (Å²) in [5.41, 5.74) is 1.82. The second-order valence-corrected chi connectivity index (χ2v) is 29.0. The van der Waals surface area contributed by atoms with Gasteiger partial charge in [0.25, 0.3) is 41.3 Å².